The number of carboxylic acid groups (broad SMARTS) is 1. The summed E-state index contributed by atoms with van der Waals surface area (Å²) in [5.41, 5.74) is 0. The van der Waals surface area contributed by atoms with Gasteiger partial charge in [-0.05, 0) is 45.6 Å². The highest BCUT2D eigenvalue weighted by Crippen LogP contribution is 2.35. The zero-order valence-corrected chi connectivity index (χ0v) is 11.1. The van der Waals surface area contributed by atoms with Gasteiger partial charge in [-0.15, -0.1) is 0 Å². The van der Waals surface area contributed by atoms with Crippen LogP contribution in [0.3, 0.4) is 0 Å². The predicted molar refractivity (Wildman–Crippen MR) is 69.5 cm³/mol. The van der Waals surface area contributed by atoms with E-state index < -0.39 is 5.97 Å². The summed E-state index contributed by atoms with van der Waals surface area (Å²) < 4.78 is 0. The van der Waals surface area contributed by atoms with Gasteiger partial charge in [0, 0.05) is 24.2 Å². The molecule has 0 aromatic rings. The zero-order chi connectivity index (χ0) is 12.7. The first-order chi connectivity index (χ1) is 8.65. The summed E-state index contributed by atoms with van der Waals surface area (Å²) in [6.07, 6.45) is 8.31. The van der Waals surface area contributed by atoms with Gasteiger partial charge in [-0.1, -0.05) is 6.42 Å². The Morgan fingerprint density at radius 3 is 2.33 bits per heavy atom. The van der Waals surface area contributed by atoms with Gasteiger partial charge < -0.3 is 15.3 Å². The molecule has 4 unspecified atom stereocenters. The summed E-state index contributed by atoms with van der Waals surface area (Å²) in [4.78, 5) is 13.6. The molecule has 0 amide bonds. The largest absolute Gasteiger partial charge is 0.481 e. The van der Waals surface area contributed by atoms with Crippen molar-refractivity contribution in [2.45, 2.75) is 69.1 Å². The number of aliphatic carboxylic acids is 1. The molecule has 18 heavy (non-hydrogen) atoms. The summed E-state index contributed by atoms with van der Waals surface area (Å²) in [5.74, 6) is -0.753. The Morgan fingerprint density at radius 1 is 1.17 bits per heavy atom. The molecule has 4 atom stereocenters. The Hall–Kier alpha value is -0.610. The summed E-state index contributed by atoms with van der Waals surface area (Å²) in [5, 5.41) is 12.7. The molecule has 3 aliphatic rings. The zero-order valence-electron chi connectivity index (χ0n) is 11.1. The lowest BCUT2D eigenvalue weighted by atomic mass is 9.77. The van der Waals surface area contributed by atoms with Gasteiger partial charge in [0.1, 0.15) is 0 Å². The Morgan fingerprint density at radius 2 is 1.83 bits per heavy atom. The second kappa shape index (κ2) is 4.82. The van der Waals surface area contributed by atoms with E-state index in [9.17, 15) is 4.79 Å². The van der Waals surface area contributed by atoms with Crippen LogP contribution < -0.4 is 5.32 Å². The molecule has 1 aliphatic carbocycles. The van der Waals surface area contributed by atoms with E-state index in [0.717, 1.165) is 24.9 Å². The van der Waals surface area contributed by atoms with Crippen LogP contribution in [0.5, 0.6) is 0 Å². The third-order valence-electron chi connectivity index (χ3n) is 5.38. The van der Waals surface area contributed by atoms with E-state index in [1.165, 1.54) is 32.1 Å². The molecule has 2 N–H and O–H groups in total. The number of nitrogens with one attached hydrogen (secondary N) is 1. The Balaban J connectivity index is 1.57. The predicted octanol–water partition coefficient (Wildman–Crippen LogP) is 1.45. The molecule has 2 saturated heterocycles. The fourth-order valence-electron chi connectivity index (χ4n) is 4.05. The van der Waals surface area contributed by atoms with Crippen LogP contribution >= 0.6 is 0 Å². The Labute approximate surface area is 109 Å². The number of hydrogen-bond donors (Lipinski definition) is 2. The van der Waals surface area contributed by atoms with Gasteiger partial charge in [-0.2, -0.15) is 0 Å². The van der Waals surface area contributed by atoms with E-state index in [-0.39, 0.29) is 12.0 Å². The molecule has 0 spiro atoms. The van der Waals surface area contributed by atoms with E-state index in [4.69, 9.17) is 5.11 Å². The van der Waals surface area contributed by atoms with E-state index in [2.05, 4.69) is 17.3 Å². The lowest BCUT2D eigenvalue weighted by Crippen LogP contribution is -2.59. The highest BCUT2D eigenvalue weighted by atomic mass is 16.4. The van der Waals surface area contributed by atoms with Gasteiger partial charge in [-0.3, -0.25) is 4.79 Å². The quantitative estimate of drug-likeness (QED) is 0.798. The van der Waals surface area contributed by atoms with Crippen molar-refractivity contribution in [1.29, 1.82) is 0 Å². The molecule has 0 radical (unpaired) electrons. The monoisotopic (exact) mass is 252 g/mol. The fraction of sp³-hybridized carbons (Fsp3) is 0.929. The molecule has 3 fully saturated rings. The maximum Gasteiger partial charge on any atom is 0.308 e. The normalized spacial score (nSPS) is 44.4. The number of carbonyl (C=O) groups is 1. The molecule has 0 aromatic carbocycles. The maximum absolute atomic E-state index is 11.0. The number of carboxylic acids is 1. The van der Waals surface area contributed by atoms with Gasteiger partial charge in [0.25, 0.3) is 0 Å². The van der Waals surface area contributed by atoms with Gasteiger partial charge >= 0.3 is 5.97 Å². The maximum atomic E-state index is 11.0. The minimum Gasteiger partial charge on any atom is -0.481 e. The number of fused-ring (bicyclic) bond motifs is 2. The standard InChI is InChI=1S/C14H24N2O2/c1-16-10-3-2-4-11(16)8-9(7-10)15-13-6-5-12(13)14(17)18/h9-13,15H,2-8H2,1H3,(H,17,18). The Bertz CT molecular complexity index is 320. The number of nitrogens with zero attached hydrogens (tertiary/aromatic N) is 1. The van der Waals surface area contributed by atoms with Gasteiger partial charge in [0.15, 0.2) is 0 Å². The van der Waals surface area contributed by atoms with E-state index in [1.807, 2.05) is 0 Å². The summed E-state index contributed by atoms with van der Waals surface area (Å²) in [6, 6.07) is 2.22. The van der Waals surface area contributed by atoms with Gasteiger partial charge in [-0.25, -0.2) is 0 Å². The first-order valence-corrected chi connectivity index (χ1v) is 7.36. The lowest BCUT2D eigenvalue weighted by Gasteiger charge is -2.49. The number of piperidine rings is 2. The van der Waals surface area contributed by atoms with Crippen molar-refractivity contribution in [3.05, 3.63) is 0 Å². The van der Waals surface area contributed by atoms with Crippen LogP contribution in [0, 0.1) is 5.92 Å². The molecule has 2 bridgehead atoms. The van der Waals surface area contributed by atoms with Crippen molar-refractivity contribution in [2.75, 3.05) is 7.05 Å². The van der Waals surface area contributed by atoms with Crippen molar-refractivity contribution in [3.63, 3.8) is 0 Å². The highest BCUT2D eigenvalue weighted by Gasteiger charge is 2.41. The smallest absolute Gasteiger partial charge is 0.308 e. The SMILES string of the molecule is CN1C2CCCC1CC(NC1CCC1C(=O)O)C2. The molecule has 3 rings (SSSR count). The molecule has 1 saturated carbocycles. The van der Waals surface area contributed by atoms with E-state index in [0.29, 0.717) is 6.04 Å². The van der Waals surface area contributed by atoms with Crippen LogP contribution in [0.2, 0.25) is 0 Å². The van der Waals surface area contributed by atoms with Gasteiger partial charge in [0.05, 0.1) is 5.92 Å². The van der Waals surface area contributed by atoms with Crippen LogP contribution in [0.15, 0.2) is 0 Å². The average molecular weight is 252 g/mol. The first-order valence-electron chi connectivity index (χ1n) is 7.36. The Kier molecular flexibility index (Phi) is 3.32. The van der Waals surface area contributed by atoms with Crippen LogP contribution in [0.25, 0.3) is 0 Å². The van der Waals surface area contributed by atoms with Crippen molar-refractivity contribution in [2.24, 2.45) is 5.92 Å². The van der Waals surface area contributed by atoms with E-state index in [1.54, 1.807) is 0 Å². The first kappa shape index (κ1) is 12.4. The van der Waals surface area contributed by atoms with Crippen LogP contribution in [-0.4, -0.2) is 47.2 Å². The topological polar surface area (TPSA) is 52.6 Å². The second-order valence-electron chi connectivity index (χ2n) is 6.37. The number of hydrogen-bond acceptors (Lipinski definition) is 3. The third-order valence-corrected chi connectivity index (χ3v) is 5.38. The molecule has 4 nitrogen and oxygen atoms in total. The second-order valence-corrected chi connectivity index (χ2v) is 6.37. The van der Waals surface area contributed by atoms with Crippen LogP contribution in [0.1, 0.15) is 44.9 Å². The summed E-state index contributed by atoms with van der Waals surface area (Å²) >= 11 is 0. The summed E-state index contributed by atoms with van der Waals surface area (Å²) in [7, 11) is 2.26. The molecule has 4 heteroatoms. The van der Waals surface area contributed by atoms with Crippen molar-refractivity contribution in [1.82, 2.24) is 10.2 Å². The highest BCUT2D eigenvalue weighted by molar-refractivity contribution is 5.72. The molecule has 2 aliphatic heterocycles. The van der Waals surface area contributed by atoms with E-state index >= 15 is 0 Å². The molecular weight excluding hydrogens is 228 g/mol. The van der Waals surface area contributed by atoms with Crippen LogP contribution in [0.4, 0.5) is 0 Å². The van der Waals surface area contributed by atoms with Gasteiger partial charge in [0.2, 0.25) is 0 Å². The molecule has 0 aromatic heterocycles. The fourth-order valence-corrected chi connectivity index (χ4v) is 4.05. The molecular formula is C14H24N2O2. The average Bonchev–Trinajstić information content (AvgIpc) is 2.24. The minimum atomic E-state index is -0.619. The third kappa shape index (κ3) is 2.16. The van der Waals surface area contributed by atoms with Crippen molar-refractivity contribution < 1.29 is 9.90 Å². The number of rotatable bonds is 3. The van der Waals surface area contributed by atoms with Crippen LogP contribution in [-0.2, 0) is 4.79 Å². The van der Waals surface area contributed by atoms with Crippen molar-refractivity contribution >= 4 is 5.97 Å². The summed E-state index contributed by atoms with van der Waals surface area (Å²) in [6.45, 7) is 0. The minimum absolute atomic E-state index is 0.135. The lowest BCUT2D eigenvalue weighted by molar-refractivity contribution is -0.146. The van der Waals surface area contributed by atoms with Crippen molar-refractivity contribution in [3.8, 4) is 0 Å². The molecule has 102 valence electrons. The molecule has 2 heterocycles.